The van der Waals surface area contributed by atoms with E-state index in [1.54, 1.807) is 9.80 Å². The van der Waals surface area contributed by atoms with E-state index in [0.29, 0.717) is 32.0 Å². The molecule has 1 aliphatic rings. The van der Waals surface area contributed by atoms with E-state index < -0.39 is 21.6 Å². The van der Waals surface area contributed by atoms with Crippen molar-refractivity contribution in [2.45, 2.75) is 11.1 Å². The molecule has 6 nitrogen and oxygen atoms in total. The lowest BCUT2D eigenvalue weighted by Crippen LogP contribution is -2.49. The van der Waals surface area contributed by atoms with Crippen LogP contribution in [0.5, 0.6) is 0 Å². The number of anilines is 1. The lowest BCUT2D eigenvalue weighted by molar-refractivity contribution is -0.137. The number of carbonyl (C=O) groups is 1. The van der Waals surface area contributed by atoms with Gasteiger partial charge >= 0.3 is 6.18 Å². The van der Waals surface area contributed by atoms with Crippen LogP contribution in [0.15, 0.2) is 41.4 Å². The summed E-state index contributed by atoms with van der Waals surface area (Å²) in [7, 11) is -3.58. The average molecular weight is 448 g/mol. The fraction of sp³-hybridized carbons (Fsp3) is 0.333. The number of pyridine rings is 1. The third-order valence-corrected chi connectivity index (χ3v) is 6.12. The molecule has 2 aromatic rings. The number of alkyl halides is 3. The minimum atomic E-state index is -4.44. The van der Waals surface area contributed by atoms with Gasteiger partial charge in [0.2, 0.25) is 0 Å². The molecule has 0 unspecified atom stereocenters. The summed E-state index contributed by atoms with van der Waals surface area (Å²) >= 11 is 5.91. The van der Waals surface area contributed by atoms with Crippen molar-refractivity contribution < 1.29 is 26.4 Å². The first-order chi connectivity index (χ1) is 13.5. The summed E-state index contributed by atoms with van der Waals surface area (Å²) in [6.45, 7) is 1.41. The van der Waals surface area contributed by atoms with Crippen molar-refractivity contribution in [1.29, 1.82) is 0 Å². The predicted octanol–water partition coefficient (Wildman–Crippen LogP) is 3.12. The molecule has 0 atom stereocenters. The van der Waals surface area contributed by atoms with Gasteiger partial charge in [0.15, 0.2) is 9.84 Å². The largest absolute Gasteiger partial charge is 0.417 e. The van der Waals surface area contributed by atoms with E-state index in [4.69, 9.17) is 11.6 Å². The van der Waals surface area contributed by atoms with E-state index in [1.165, 1.54) is 24.3 Å². The van der Waals surface area contributed by atoms with Crippen molar-refractivity contribution >= 4 is 33.2 Å². The SMILES string of the molecule is CS(=O)(=O)c1cc(C(=O)N2CCN(c3ccc(C(F)(F)F)cn3)CC2)ccc1Cl. The first kappa shape index (κ1) is 21.4. The van der Waals surface area contributed by atoms with Crippen LogP contribution in [-0.2, 0) is 16.0 Å². The maximum Gasteiger partial charge on any atom is 0.417 e. The topological polar surface area (TPSA) is 70.6 Å². The number of nitrogens with zero attached hydrogens (tertiary/aromatic N) is 3. The second-order valence-corrected chi connectivity index (χ2v) is 8.99. The molecule has 0 bridgehead atoms. The van der Waals surface area contributed by atoms with Gasteiger partial charge in [-0.3, -0.25) is 4.79 Å². The van der Waals surface area contributed by atoms with E-state index in [9.17, 15) is 26.4 Å². The molecule has 3 rings (SSSR count). The van der Waals surface area contributed by atoms with Crippen molar-refractivity contribution in [2.75, 3.05) is 37.3 Å². The van der Waals surface area contributed by atoms with E-state index >= 15 is 0 Å². The Labute approximate surface area is 170 Å². The highest BCUT2D eigenvalue weighted by Gasteiger charge is 2.31. The van der Waals surface area contributed by atoms with E-state index in [2.05, 4.69) is 4.98 Å². The van der Waals surface area contributed by atoms with Gasteiger partial charge < -0.3 is 9.80 Å². The minimum Gasteiger partial charge on any atom is -0.353 e. The number of hydrogen-bond donors (Lipinski definition) is 0. The van der Waals surface area contributed by atoms with Gasteiger partial charge in [-0.15, -0.1) is 0 Å². The van der Waals surface area contributed by atoms with Gasteiger partial charge in [-0.1, -0.05) is 11.6 Å². The smallest absolute Gasteiger partial charge is 0.353 e. The zero-order valence-electron chi connectivity index (χ0n) is 15.3. The van der Waals surface area contributed by atoms with Crippen LogP contribution in [0.3, 0.4) is 0 Å². The molecule has 0 saturated carbocycles. The van der Waals surface area contributed by atoms with Gasteiger partial charge in [0, 0.05) is 44.2 Å². The Bertz CT molecular complexity index is 1020. The first-order valence-corrected chi connectivity index (χ1v) is 10.8. The van der Waals surface area contributed by atoms with E-state index in [-0.39, 0.29) is 21.4 Å². The number of piperazine rings is 1. The first-order valence-electron chi connectivity index (χ1n) is 8.54. The number of aromatic nitrogens is 1. The van der Waals surface area contributed by atoms with Crippen LogP contribution < -0.4 is 4.90 Å². The number of hydrogen-bond acceptors (Lipinski definition) is 5. The fourth-order valence-corrected chi connectivity index (χ4v) is 4.28. The van der Waals surface area contributed by atoms with Gasteiger partial charge in [-0.2, -0.15) is 13.2 Å². The zero-order valence-corrected chi connectivity index (χ0v) is 16.9. The second-order valence-electron chi connectivity index (χ2n) is 6.60. The molecule has 0 aliphatic carbocycles. The summed E-state index contributed by atoms with van der Waals surface area (Å²) in [5.74, 6) is 0.0579. The fourth-order valence-electron chi connectivity index (χ4n) is 2.98. The molecule has 0 spiro atoms. The van der Waals surface area contributed by atoms with Crippen LogP contribution in [0, 0.1) is 0 Å². The molecule has 1 aromatic heterocycles. The highest BCUT2D eigenvalue weighted by Crippen LogP contribution is 2.29. The second kappa shape index (κ2) is 7.83. The summed E-state index contributed by atoms with van der Waals surface area (Å²) in [6.07, 6.45) is -2.65. The summed E-state index contributed by atoms with van der Waals surface area (Å²) in [4.78, 5) is 19.8. The standard InChI is InChI=1S/C18H17ClF3N3O3S/c1-29(27,28)15-10-12(2-4-14(15)19)17(26)25-8-6-24(7-9-25)16-5-3-13(11-23-16)18(20,21)22/h2-5,10-11H,6-9H2,1H3. The molecule has 1 aromatic carbocycles. The van der Waals surface area contributed by atoms with Crippen LogP contribution in [0.2, 0.25) is 5.02 Å². The minimum absolute atomic E-state index is 0.0437. The normalized spacial score (nSPS) is 15.5. The Morgan fingerprint density at radius 2 is 1.76 bits per heavy atom. The Balaban J connectivity index is 1.69. The third-order valence-electron chi connectivity index (χ3n) is 4.54. The van der Waals surface area contributed by atoms with Gasteiger partial charge in [0.25, 0.3) is 5.91 Å². The Morgan fingerprint density at radius 1 is 1.10 bits per heavy atom. The van der Waals surface area contributed by atoms with E-state index in [0.717, 1.165) is 18.5 Å². The van der Waals surface area contributed by atoms with Gasteiger partial charge in [-0.05, 0) is 30.3 Å². The highest BCUT2D eigenvalue weighted by atomic mass is 35.5. The predicted molar refractivity (Wildman–Crippen MR) is 102 cm³/mol. The third kappa shape index (κ3) is 4.81. The van der Waals surface area contributed by atoms with Crippen molar-refractivity contribution in [3.8, 4) is 0 Å². The Kier molecular flexibility index (Phi) is 5.77. The monoisotopic (exact) mass is 447 g/mol. The maximum atomic E-state index is 12.7. The molecule has 1 amide bonds. The van der Waals surface area contributed by atoms with Crippen molar-refractivity contribution in [2.24, 2.45) is 0 Å². The van der Waals surface area contributed by atoms with Gasteiger partial charge in [0.1, 0.15) is 5.82 Å². The van der Waals surface area contributed by atoms with Crippen LogP contribution >= 0.6 is 11.6 Å². The molecule has 1 fully saturated rings. The molecule has 156 valence electrons. The van der Waals surface area contributed by atoms with Crippen molar-refractivity contribution in [3.63, 3.8) is 0 Å². The van der Waals surface area contributed by atoms with Gasteiger partial charge in [0.05, 0.1) is 15.5 Å². The Morgan fingerprint density at radius 3 is 2.28 bits per heavy atom. The number of amides is 1. The molecular weight excluding hydrogens is 431 g/mol. The van der Waals surface area contributed by atoms with Gasteiger partial charge in [-0.25, -0.2) is 13.4 Å². The lowest BCUT2D eigenvalue weighted by atomic mass is 10.1. The maximum absolute atomic E-state index is 12.7. The summed E-state index contributed by atoms with van der Waals surface area (Å²) in [5.41, 5.74) is -0.615. The quantitative estimate of drug-likeness (QED) is 0.723. The van der Waals surface area contributed by atoms with E-state index in [1.807, 2.05) is 0 Å². The molecule has 29 heavy (non-hydrogen) atoms. The number of rotatable bonds is 3. The number of halogens is 4. The summed E-state index contributed by atoms with van der Waals surface area (Å²) in [6, 6.07) is 6.36. The number of carbonyl (C=O) groups excluding carboxylic acids is 1. The van der Waals surface area contributed by atoms with Crippen molar-refractivity contribution in [1.82, 2.24) is 9.88 Å². The zero-order chi connectivity index (χ0) is 21.4. The highest BCUT2D eigenvalue weighted by molar-refractivity contribution is 7.90. The van der Waals surface area contributed by atoms with Crippen LogP contribution in [0.4, 0.5) is 19.0 Å². The molecule has 0 N–H and O–H groups in total. The van der Waals surface area contributed by atoms with Crippen LogP contribution in [0.1, 0.15) is 15.9 Å². The average Bonchev–Trinajstić information content (AvgIpc) is 2.66. The number of benzene rings is 1. The molecule has 1 aliphatic heterocycles. The van der Waals surface area contributed by atoms with Crippen molar-refractivity contribution in [3.05, 3.63) is 52.7 Å². The Hall–Kier alpha value is -2.33. The van der Waals surface area contributed by atoms with Crippen LogP contribution in [-0.4, -0.2) is 56.6 Å². The molecule has 2 heterocycles. The molecule has 11 heteroatoms. The summed E-state index contributed by atoms with van der Waals surface area (Å²) in [5, 5.41) is 0.0437. The lowest BCUT2D eigenvalue weighted by Gasteiger charge is -2.35. The molecule has 0 radical (unpaired) electrons. The molecular formula is C18H17ClF3N3O3S. The number of sulfone groups is 1. The summed E-state index contributed by atoms with van der Waals surface area (Å²) < 4.78 is 61.5. The van der Waals surface area contributed by atoms with Crippen LogP contribution in [0.25, 0.3) is 0 Å². The molecule has 1 saturated heterocycles.